The second kappa shape index (κ2) is 9.24. The number of aromatic nitrogens is 1. The Bertz CT molecular complexity index is 675. The fraction of sp³-hybridized carbons (Fsp3) is 0.474. The van der Waals surface area contributed by atoms with E-state index in [9.17, 15) is 0 Å². The van der Waals surface area contributed by atoms with Gasteiger partial charge in [-0.2, -0.15) is 0 Å². The van der Waals surface area contributed by atoms with Gasteiger partial charge in [0.25, 0.3) is 0 Å². The number of guanidine groups is 1. The van der Waals surface area contributed by atoms with Crippen LogP contribution < -0.4 is 15.5 Å². The third-order valence-corrected chi connectivity index (χ3v) is 4.41. The Balaban J connectivity index is 1.55. The summed E-state index contributed by atoms with van der Waals surface area (Å²) in [5.41, 5.74) is 1.10. The number of furan rings is 1. The normalized spacial score (nSPS) is 15.9. The van der Waals surface area contributed by atoms with Gasteiger partial charge in [-0.15, -0.1) is 0 Å². The van der Waals surface area contributed by atoms with Crippen molar-refractivity contribution in [1.29, 1.82) is 0 Å². The van der Waals surface area contributed by atoms with Crippen LogP contribution in [0.1, 0.15) is 18.2 Å². The molecular formula is C19H28N6O. The molecule has 2 aromatic rings. The first-order chi connectivity index (χ1) is 12.7. The van der Waals surface area contributed by atoms with E-state index in [4.69, 9.17) is 4.42 Å². The molecule has 2 aromatic heterocycles. The fourth-order valence-corrected chi connectivity index (χ4v) is 2.83. The van der Waals surface area contributed by atoms with Crippen LogP contribution in [-0.2, 0) is 13.1 Å². The Morgan fingerprint density at radius 2 is 2.04 bits per heavy atom. The summed E-state index contributed by atoms with van der Waals surface area (Å²) in [6.07, 6.45) is 3.60. The maximum absolute atomic E-state index is 5.34. The molecule has 1 saturated heterocycles. The molecule has 7 nitrogen and oxygen atoms in total. The molecule has 0 unspecified atom stereocenters. The SMILES string of the molecule is CCNC(=NCc1ccc(N2CCN(C)CC2)nc1)NCc1ccco1. The summed E-state index contributed by atoms with van der Waals surface area (Å²) in [4.78, 5) is 13.9. The third kappa shape index (κ3) is 5.23. The molecular weight excluding hydrogens is 328 g/mol. The van der Waals surface area contributed by atoms with E-state index < -0.39 is 0 Å². The van der Waals surface area contributed by atoms with Gasteiger partial charge >= 0.3 is 0 Å². The predicted octanol–water partition coefficient (Wildman–Crippen LogP) is 1.68. The Kier molecular flexibility index (Phi) is 6.49. The highest BCUT2D eigenvalue weighted by Crippen LogP contribution is 2.14. The van der Waals surface area contributed by atoms with Gasteiger partial charge in [0.1, 0.15) is 11.6 Å². The van der Waals surface area contributed by atoms with Crippen molar-refractivity contribution in [3.8, 4) is 0 Å². The second-order valence-corrected chi connectivity index (χ2v) is 6.44. The number of pyridine rings is 1. The van der Waals surface area contributed by atoms with Gasteiger partial charge in [-0.25, -0.2) is 9.98 Å². The van der Waals surface area contributed by atoms with E-state index >= 15 is 0 Å². The maximum Gasteiger partial charge on any atom is 0.191 e. The van der Waals surface area contributed by atoms with E-state index in [1.807, 2.05) is 18.3 Å². The molecule has 0 atom stereocenters. The predicted molar refractivity (Wildman–Crippen MR) is 104 cm³/mol. The molecule has 2 N–H and O–H groups in total. The third-order valence-electron chi connectivity index (χ3n) is 4.41. The van der Waals surface area contributed by atoms with Gasteiger partial charge in [-0.1, -0.05) is 6.07 Å². The summed E-state index contributed by atoms with van der Waals surface area (Å²) in [6, 6.07) is 8.03. The molecule has 0 radical (unpaired) electrons. The van der Waals surface area contributed by atoms with Crippen LogP contribution in [0, 0.1) is 0 Å². The Morgan fingerprint density at radius 1 is 1.19 bits per heavy atom. The fourth-order valence-electron chi connectivity index (χ4n) is 2.83. The lowest BCUT2D eigenvalue weighted by molar-refractivity contribution is 0.312. The highest BCUT2D eigenvalue weighted by atomic mass is 16.3. The van der Waals surface area contributed by atoms with Crippen molar-refractivity contribution in [2.24, 2.45) is 4.99 Å². The smallest absolute Gasteiger partial charge is 0.191 e. The minimum Gasteiger partial charge on any atom is -0.467 e. The minimum atomic E-state index is 0.587. The lowest BCUT2D eigenvalue weighted by Gasteiger charge is -2.33. The van der Waals surface area contributed by atoms with Crippen LogP contribution in [0.4, 0.5) is 5.82 Å². The van der Waals surface area contributed by atoms with Crippen molar-refractivity contribution in [1.82, 2.24) is 20.5 Å². The van der Waals surface area contributed by atoms with Crippen molar-refractivity contribution in [2.45, 2.75) is 20.0 Å². The van der Waals surface area contributed by atoms with E-state index in [-0.39, 0.29) is 0 Å². The van der Waals surface area contributed by atoms with Crippen molar-refractivity contribution in [2.75, 3.05) is 44.7 Å². The highest BCUT2D eigenvalue weighted by molar-refractivity contribution is 5.79. The summed E-state index contributed by atoms with van der Waals surface area (Å²) in [5, 5.41) is 6.52. The van der Waals surface area contributed by atoms with E-state index in [1.54, 1.807) is 6.26 Å². The second-order valence-electron chi connectivity index (χ2n) is 6.44. The largest absolute Gasteiger partial charge is 0.467 e. The zero-order valence-electron chi connectivity index (χ0n) is 15.6. The monoisotopic (exact) mass is 356 g/mol. The van der Waals surface area contributed by atoms with Crippen molar-refractivity contribution >= 4 is 11.8 Å². The van der Waals surface area contributed by atoms with Gasteiger partial charge in [0.2, 0.25) is 0 Å². The lowest BCUT2D eigenvalue weighted by Crippen LogP contribution is -2.44. The molecule has 0 aliphatic carbocycles. The van der Waals surface area contributed by atoms with Gasteiger partial charge in [0.15, 0.2) is 5.96 Å². The molecule has 140 valence electrons. The van der Waals surface area contributed by atoms with Crippen LogP contribution >= 0.6 is 0 Å². The zero-order valence-corrected chi connectivity index (χ0v) is 15.6. The van der Waals surface area contributed by atoms with Gasteiger partial charge in [0, 0.05) is 38.9 Å². The molecule has 1 aliphatic heterocycles. The van der Waals surface area contributed by atoms with Crippen LogP contribution in [0.5, 0.6) is 0 Å². The van der Waals surface area contributed by atoms with Crippen molar-refractivity contribution in [3.63, 3.8) is 0 Å². The summed E-state index contributed by atoms with van der Waals surface area (Å²) in [6.45, 7) is 8.29. The van der Waals surface area contributed by atoms with E-state index in [0.29, 0.717) is 13.1 Å². The quantitative estimate of drug-likeness (QED) is 0.606. The average Bonchev–Trinajstić information content (AvgIpc) is 3.19. The lowest BCUT2D eigenvalue weighted by atomic mass is 10.2. The van der Waals surface area contributed by atoms with E-state index in [1.165, 1.54) is 0 Å². The minimum absolute atomic E-state index is 0.587. The molecule has 7 heteroatoms. The number of hydrogen-bond acceptors (Lipinski definition) is 5. The number of piperazine rings is 1. The molecule has 0 bridgehead atoms. The Labute approximate surface area is 155 Å². The molecule has 1 fully saturated rings. The molecule has 0 saturated carbocycles. The van der Waals surface area contributed by atoms with Crippen LogP contribution in [0.3, 0.4) is 0 Å². The number of nitrogens with zero attached hydrogens (tertiary/aromatic N) is 4. The molecule has 1 aliphatic rings. The Morgan fingerprint density at radius 3 is 2.69 bits per heavy atom. The standard InChI is InChI=1S/C19H28N6O/c1-3-20-19(23-15-17-5-4-12-26-17)22-14-16-6-7-18(21-13-16)25-10-8-24(2)9-11-25/h4-7,12-13H,3,8-11,14-15H2,1-2H3,(H2,20,22,23). The molecule has 3 heterocycles. The van der Waals surface area contributed by atoms with Gasteiger partial charge in [-0.3, -0.25) is 0 Å². The van der Waals surface area contributed by atoms with E-state index in [0.717, 1.165) is 55.8 Å². The summed E-state index contributed by atoms with van der Waals surface area (Å²) < 4.78 is 5.34. The van der Waals surface area contributed by atoms with E-state index in [2.05, 4.69) is 56.5 Å². The van der Waals surface area contributed by atoms with Crippen LogP contribution in [0.25, 0.3) is 0 Å². The maximum atomic E-state index is 5.34. The summed E-state index contributed by atoms with van der Waals surface area (Å²) in [5.74, 6) is 2.70. The number of nitrogens with one attached hydrogen (secondary N) is 2. The van der Waals surface area contributed by atoms with Crippen molar-refractivity contribution < 1.29 is 4.42 Å². The van der Waals surface area contributed by atoms with Crippen molar-refractivity contribution in [3.05, 3.63) is 48.0 Å². The van der Waals surface area contributed by atoms with Crippen LogP contribution in [0.15, 0.2) is 46.1 Å². The highest BCUT2D eigenvalue weighted by Gasteiger charge is 2.14. The zero-order chi connectivity index (χ0) is 18.2. The first-order valence-electron chi connectivity index (χ1n) is 9.17. The number of hydrogen-bond donors (Lipinski definition) is 2. The number of likely N-dealkylation sites (N-methyl/N-ethyl adjacent to an activating group) is 1. The first kappa shape index (κ1) is 18.3. The molecule has 0 amide bonds. The van der Waals surface area contributed by atoms with Gasteiger partial charge in [0.05, 0.1) is 19.4 Å². The molecule has 26 heavy (non-hydrogen) atoms. The number of rotatable bonds is 6. The topological polar surface area (TPSA) is 68.9 Å². The molecule has 3 rings (SSSR count). The van der Waals surface area contributed by atoms with Gasteiger partial charge < -0.3 is 24.9 Å². The Hall–Kier alpha value is -2.54. The average molecular weight is 356 g/mol. The number of anilines is 1. The van der Waals surface area contributed by atoms with Crippen LogP contribution in [-0.4, -0.2) is 55.6 Å². The molecule has 0 aromatic carbocycles. The summed E-state index contributed by atoms with van der Waals surface area (Å²) >= 11 is 0. The number of aliphatic imine (C=N–C) groups is 1. The summed E-state index contributed by atoms with van der Waals surface area (Å²) in [7, 11) is 2.16. The van der Waals surface area contributed by atoms with Crippen LogP contribution in [0.2, 0.25) is 0 Å². The molecule has 0 spiro atoms. The van der Waals surface area contributed by atoms with Gasteiger partial charge in [-0.05, 0) is 37.7 Å². The first-order valence-corrected chi connectivity index (χ1v) is 9.17.